The standard InChI is InChI=1S/C22H30N4O2S/c1-4-25(5-2)21(28)15-24-9-11-26(12-10-24)20(27)14-19-16-29-22(23-19)18-8-6-7-17(3)13-18/h6-8,13,16H,4-5,9-12,14-15H2,1-3H3. The van der Waals surface area contributed by atoms with Crippen LogP contribution in [0.15, 0.2) is 29.6 Å². The van der Waals surface area contributed by atoms with Gasteiger partial charge in [0.05, 0.1) is 18.7 Å². The zero-order valence-electron chi connectivity index (χ0n) is 17.6. The number of hydrogen-bond acceptors (Lipinski definition) is 5. The Kier molecular flexibility index (Phi) is 7.39. The molecule has 0 bridgehead atoms. The molecule has 1 aliphatic rings. The molecule has 2 amide bonds. The Morgan fingerprint density at radius 1 is 1.14 bits per heavy atom. The molecule has 156 valence electrons. The van der Waals surface area contributed by atoms with Gasteiger partial charge in [-0.3, -0.25) is 14.5 Å². The van der Waals surface area contributed by atoms with Gasteiger partial charge in [0, 0.05) is 50.2 Å². The smallest absolute Gasteiger partial charge is 0.236 e. The van der Waals surface area contributed by atoms with Crippen LogP contribution in [0.2, 0.25) is 0 Å². The topological polar surface area (TPSA) is 56.8 Å². The molecule has 7 heteroatoms. The molecule has 0 N–H and O–H groups in total. The number of benzene rings is 1. The van der Waals surface area contributed by atoms with E-state index in [1.807, 2.05) is 35.1 Å². The first-order valence-electron chi connectivity index (χ1n) is 10.3. The second-order valence-electron chi connectivity index (χ2n) is 7.41. The van der Waals surface area contributed by atoms with Crippen LogP contribution in [0.5, 0.6) is 0 Å². The van der Waals surface area contributed by atoms with Crippen molar-refractivity contribution >= 4 is 23.2 Å². The molecule has 1 aromatic carbocycles. The third kappa shape index (κ3) is 5.64. The Labute approximate surface area is 177 Å². The molecule has 3 rings (SSSR count). The molecule has 2 aromatic rings. The molecular weight excluding hydrogens is 384 g/mol. The lowest BCUT2D eigenvalue weighted by molar-refractivity contribution is -0.134. The molecule has 1 saturated heterocycles. The summed E-state index contributed by atoms with van der Waals surface area (Å²) in [7, 11) is 0. The van der Waals surface area contributed by atoms with E-state index in [1.54, 1.807) is 11.3 Å². The molecule has 0 spiro atoms. The van der Waals surface area contributed by atoms with E-state index in [0.29, 0.717) is 26.1 Å². The minimum atomic E-state index is 0.112. The van der Waals surface area contributed by atoms with Crippen molar-refractivity contribution in [1.29, 1.82) is 0 Å². The Hall–Kier alpha value is -2.25. The molecular formula is C22H30N4O2S. The van der Waals surface area contributed by atoms with Crippen LogP contribution in [0.1, 0.15) is 25.1 Å². The Bertz CT molecular complexity index is 839. The summed E-state index contributed by atoms with van der Waals surface area (Å²) < 4.78 is 0. The van der Waals surface area contributed by atoms with Crippen molar-refractivity contribution in [3.8, 4) is 10.6 Å². The van der Waals surface area contributed by atoms with Gasteiger partial charge in [-0.1, -0.05) is 23.8 Å². The highest BCUT2D eigenvalue weighted by Gasteiger charge is 2.24. The van der Waals surface area contributed by atoms with E-state index >= 15 is 0 Å². The summed E-state index contributed by atoms with van der Waals surface area (Å²) in [6.07, 6.45) is 0.334. The zero-order chi connectivity index (χ0) is 20.8. The van der Waals surface area contributed by atoms with E-state index in [-0.39, 0.29) is 11.8 Å². The summed E-state index contributed by atoms with van der Waals surface area (Å²) in [6, 6.07) is 8.26. The molecule has 1 fully saturated rings. The average molecular weight is 415 g/mol. The number of aromatic nitrogens is 1. The number of aryl methyl sites for hydroxylation is 1. The molecule has 0 aliphatic carbocycles. The van der Waals surface area contributed by atoms with Crippen LogP contribution in [0, 0.1) is 6.92 Å². The average Bonchev–Trinajstić information content (AvgIpc) is 3.18. The van der Waals surface area contributed by atoms with E-state index in [2.05, 4.69) is 35.0 Å². The van der Waals surface area contributed by atoms with Crippen LogP contribution in [-0.4, -0.2) is 77.3 Å². The number of nitrogens with zero attached hydrogens (tertiary/aromatic N) is 4. The maximum absolute atomic E-state index is 12.7. The maximum atomic E-state index is 12.7. The van der Waals surface area contributed by atoms with Crippen LogP contribution in [0.3, 0.4) is 0 Å². The first-order valence-corrected chi connectivity index (χ1v) is 11.2. The number of amides is 2. The number of carbonyl (C=O) groups excluding carboxylic acids is 2. The number of likely N-dealkylation sites (N-methyl/N-ethyl adjacent to an activating group) is 1. The predicted octanol–water partition coefficient (Wildman–Crippen LogP) is 2.67. The van der Waals surface area contributed by atoms with Crippen molar-refractivity contribution in [1.82, 2.24) is 19.7 Å². The van der Waals surface area contributed by atoms with Gasteiger partial charge in [0.15, 0.2) is 0 Å². The molecule has 1 aromatic heterocycles. The number of hydrogen-bond donors (Lipinski definition) is 0. The van der Waals surface area contributed by atoms with Gasteiger partial charge >= 0.3 is 0 Å². The summed E-state index contributed by atoms with van der Waals surface area (Å²) in [5, 5.41) is 2.94. The number of piperazine rings is 1. The summed E-state index contributed by atoms with van der Waals surface area (Å²) in [5.74, 6) is 0.279. The van der Waals surface area contributed by atoms with Crippen molar-refractivity contribution in [2.45, 2.75) is 27.2 Å². The number of rotatable bonds is 7. The van der Waals surface area contributed by atoms with E-state index < -0.39 is 0 Å². The van der Waals surface area contributed by atoms with Crippen LogP contribution in [0.4, 0.5) is 0 Å². The highest BCUT2D eigenvalue weighted by atomic mass is 32.1. The van der Waals surface area contributed by atoms with Gasteiger partial charge in [-0.2, -0.15) is 0 Å². The molecule has 0 atom stereocenters. The minimum Gasteiger partial charge on any atom is -0.342 e. The van der Waals surface area contributed by atoms with Crippen LogP contribution >= 0.6 is 11.3 Å². The lowest BCUT2D eigenvalue weighted by Gasteiger charge is -2.35. The van der Waals surface area contributed by atoms with E-state index in [1.165, 1.54) is 5.56 Å². The summed E-state index contributed by atoms with van der Waals surface area (Å²) in [6.45, 7) is 10.8. The van der Waals surface area contributed by atoms with Crippen LogP contribution in [-0.2, 0) is 16.0 Å². The maximum Gasteiger partial charge on any atom is 0.236 e. The number of carbonyl (C=O) groups is 2. The molecule has 0 radical (unpaired) electrons. The molecule has 0 unspecified atom stereocenters. The summed E-state index contributed by atoms with van der Waals surface area (Å²) >= 11 is 1.58. The summed E-state index contributed by atoms with van der Waals surface area (Å²) in [4.78, 5) is 35.5. The Balaban J connectivity index is 1.50. The highest BCUT2D eigenvalue weighted by Crippen LogP contribution is 2.24. The lowest BCUT2D eigenvalue weighted by Crippen LogP contribution is -2.51. The van der Waals surface area contributed by atoms with E-state index in [4.69, 9.17) is 0 Å². The molecule has 1 aliphatic heterocycles. The monoisotopic (exact) mass is 414 g/mol. The predicted molar refractivity (Wildman–Crippen MR) is 117 cm³/mol. The van der Waals surface area contributed by atoms with Crippen molar-refractivity contribution in [2.75, 3.05) is 45.8 Å². The molecule has 0 saturated carbocycles. The van der Waals surface area contributed by atoms with Gasteiger partial charge in [0.1, 0.15) is 5.01 Å². The fraction of sp³-hybridized carbons (Fsp3) is 0.500. The molecule has 2 heterocycles. The largest absolute Gasteiger partial charge is 0.342 e. The quantitative estimate of drug-likeness (QED) is 0.699. The van der Waals surface area contributed by atoms with Gasteiger partial charge in [0.25, 0.3) is 0 Å². The third-order valence-corrected chi connectivity index (χ3v) is 6.29. The van der Waals surface area contributed by atoms with Crippen LogP contribution in [0.25, 0.3) is 10.6 Å². The van der Waals surface area contributed by atoms with Crippen molar-refractivity contribution in [2.24, 2.45) is 0 Å². The highest BCUT2D eigenvalue weighted by molar-refractivity contribution is 7.13. The van der Waals surface area contributed by atoms with Crippen molar-refractivity contribution in [3.63, 3.8) is 0 Å². The van der Waals surface area contributed by atoms with E-state index in [9.17, 15) is 9.59 Å². The third-order valence-electron chi connectivity index (χ3n) is 5.35. The SMILES string of the molecule is CCN(CC)C(=O)CN1CCN(C(=O)Cc2csc(-c3cccc(C)c3)n2)CC1. The first kappa shape index (κ1) is 21.5. The van der Waals surface area contributed by atoms with Crippen molar-refractivity contribution in [3.05, 3.63) is 40.9 Å². The minimum absolute atomic E-state index is 0.112. The second-order valence-corrected chi connectivity index (χ2v) is 8.27. The molecule has 6 nitrogen and oxygen atoms in total. The Morgan fingerprint density at radius 2 is 1.86 bits per heavy atom. The van der Waals surface area contributed by atoms with Crippen LogP contribution < -0.4 is 0 Å². The summed E-state index contributed by atoms with van der Waals surface area (Å²) in [5.41, 5.74) is 3.13. The van der Waals surface area contributed by atoms with Gasteiger partial charge in [-0.25, -0.2) is 4.98 Å². The fourth-order valence-electron chi connectivity index (χ4n) is 3.59. The number of thiazole rings is 1. The fourth-order valence-corrected chi connectivity index (χ4v) is 4.41. The van der Waals surface area contributed by atoms with Gasteiger partial charge in [-0.05, 0) is 26.8 Å². The normalized spacial score (nSPS) is 14.8. The van der Waals surface area contributed by atoms with Gasteiger partial charge in [0.2, 0.25) is 11.8 Å². The van der Waals surface area contributed by atoms with E-state index in [0.717, 1.165) is 42.4 Å². The van der Waals surface area contributed by atoms with Crippen molar-refractivity contribution < 1.29 is 9.59 Å². The zero-order valence-corrected chi connectivity index (χ0v) is 18.4. The molecule has 29 heavy (non-hydrogen) atoms. The second kappa shape index (κ2) is 9.98. The van der Waals surface area contributed by atoms with Gasteiger partial charge in [-0.15, -0.1) is 11.3 Å². The lowest BCUT2D eigenvalue weighted by atomic mass is 10.1. The van der Waals surface area contributed by atoms with Gasteiger partial charge < -0.3 is 9.80 Å². The first-order chi connectivity index (χ1) is 14.0. The Morgan fingerprint density at radius 3 is 2.52 bits per heavy atom.